The fourth-order valence-electron chi connectivity index (χ4n) is 1.94. The third-order valence-corrected chi connectivity index (χ3v) is 4.07. The molecule has 0 aliphatic rings. The lowest BCUT2D eigenvalue weighted by Crippen LogP contribution is -2.12. The van der Waals surface area contributed by atoms with Gasteiger partial charge in [-0.15, -0.1) is 15.3 Å². The monoisotopic (exact) mass is 301 g/mol. The Morgan fingerprint density at radius 3 is 2.57 bits per heavy atom. The Labute approximate surface area is 125 Å². The number of hydrogen-bond donors (Lipinski definition) is 1. The number of anilines is 1. The lowest BCUT2D eigenvalue weighted by molar-refractivity contribution is 0.102. The standard InChI is InChI=1S/C14H15N5OS/c1-8(2)10-4-6-11(7-5-10)15-12(20)13-18-19-9(3)16-17-14(19)21-13/h4-8H,1-3H3,(H,15,20). The number of hydrogen-bond acceptors (Lipinski definition) is 5. The van der Waals surface area contributed by atoms with Crippen LogP contribution in [0.4, 0.5) is 5.69 Å². The highest BCUT2D eigenvalue weighted by molar-refractivity contribution is 7.18. The Kier molecular flexibility index (Phi) is 3.42. The molecule has 3 rings (SSSR count). The van der Waals surface area contributed by atoms with Gasteiger partial charge in [0.15, 0.2) is 5.82 Å². The normalized spacial score (nSPS) is 11.2. The number of nitrogens with zero attached hydrogens (tertiary/aromatic N) is 4. The minimum Gasteiger partial charge on any atom is -0.320 e. The van der Waals surface area contributed by atoms with Crippen LogP contribution < -0.4 is 5.32 Å². The van der Waals surface area contributed by atoms with E-state index >= 15 is 0 Å². The van der Waals surface area contributed by atoms with E-state index < -0.39 is 0 Å². The van der Waals surface area contributed by atoms with Gasteiger partial charge < -0.3 is 5.32 Å². The van der Waals surface area contributed by atoms with Crippen LogP contribution >= 0.6 is 11.3 Å². The van der Waals surface area contributed by atoms with Gasteiger partial charge in [-0.2, -0.15) is 4.52 Å². The van der Waals surface area contributed by atoms with Crippen molar-refractivity contribution in [2.45, 2.75) is 26.7 Å². The van der Waals surface area contributed by atoms with Gasteiger partial charge in [-0.3, -0.25) is 4.79 Å². The summed E-state index contributed by atoms with van der Waals surface area (Å²) in [4.78, 5) is 12.8. The second-order valence-corrected chi connectivity index (χ2v) is 6.04. The van der Waals surface area contributed by atoms with Crippen molar-refractivity contribution in [2.75, 3.05) is 5.32 Å². The van der Waals surface area contributed by atoms with Crippen molar-refractivity contribution in [1.82, 2.24) is 19.8 Å². The first-order valence-corrected chi connectivity index (χ1v) is 7.46. The lowest BCUT2D eigenvalue weighted by atomic mass is 10.0. The van der Waals surface area contributed by atoms with Gasteiger partial charge in [-0.1, -0.05) is 37.3 Å². The van der Waals surface area contributed by atoms with E-state index in [2.05, 4.69) is 34.5 Å². The maximum Gasteiger partial charge on any atom is 0.286 e. The molecular formula is C14H15N5OS. The van der Waals surface area contributed by atoms with Gasteiger partial charge in [0, 0.05) is 5.69 Å². The van der Waals surface area contributed by atoms with Crippen LogP contribution in [-0.4, -0.2) is 25.7 Å². The van der Waals surface area contributed by atoms with Crippen molar-refractivity contribution in [1.29, 1.82) is 0 Å². The van der Waals surface area contributed by atoms with E-state index in [1.54, 1.807) is 11.4 Å². The summed E-state index contributed by atoms with van der Waals surface area (Å²) >= 11 is 1.22. The Hall–Kier alpha value is -2.28. The summed E-state index contributed by atoms with van der Waals surface area (Å²) in [6.07, 6.45) is 0. The summed E-state index contributed by atoms with van der Waals surface area (Å²) in [5, 5.41) is 15.3. The molecule has 0 unspecified atom stereocenters. The smallest absolute Gasteiger partial charge is 0.286 e. The molecule has 6 nitrogen and oxygen atoms in total. The Bertz CT molecular complexity index is 787. The van der Waals surface area contributed by atoms with E-state index in [1.807, 2.05) is 24.3 Å². The van der Waals surface area contributed by atoms with Crippen LogP contribution in [0.15, 0.2) is 24.3 Å². The molecule has 0 spiro atoms. The van der Waals surface area contributed by atoms with Crippen LogP contribution in [-0.2, 0) is 0 Å². The zero-order valence-electron chi connectivity index (χ0n) is 12.0. The molecule has 2 heterocycles. The molecule has 2 aromatic heterocycles. The molecule has 0 atom stereocenters. The first-order chi connectivity index (χ1) is 10.0. The van der Waals surface area contributed by atoms with Gasteiger partial charge in [-0.25, -0.2) is 0 Å². The van der Waals surface area contributed by atoms with Crippen LogP contribution in [0, 0.1) is 6.92 Å². The number of carbonyl (C=O) groups is 1. The highest BCUT2D eigenvalue weighted by Gasteiger charge is 2.15. The molecule has 3 aromatic rings. The van der Waals surface area contributed by atoms with Crippen LogP contribution in [0.2, 0.25) is 0 Å². The number of carbonyl (C=O) groups excluding carboxylic acids is 1. The van der Waals surface area contributed by atoms with E-state index in [9.17, 15) is 4.79 Å². The number of fused-ring (bicyclic) bond motifs is 1. The predicted molar refractivity (Wildman–Crippen MR) is 81.9 cm³/mol. The third kappa shape index (κ3) is 2.64. The molecule has 108 valence electrons. The molecule has 21 heavy (non-hydrogen) atoms. The quantitative estimate of drug-likeness (QED) is 0.807. The van der Waals surface area contributed by atoms with Crippen molar-refractivity contribution >= 4 is 27.9 Å². The Morgan fingerprint density at radius 2 is 1.95 bits per heavy atom. The number of aromatic nitrogens is 4. The van der Waals surface area contributed by atoms with E-state index in [0.717, 1.165) is 5.69 Å². The average Bonchev–Trinajstić information content (AvgIpc) is 3.02. The van der Waals surface area contributed by atoms with Gasteiger partial charge in [0.05, 0.1) is 0 Å². The summed E-state index contributed by atoms with van der Waals surface area (Å²) in [5.41, 5.74) is 1.99. The SMILES string of the molecule is Cc1nnc2sc(C(=O)Nc3ccc(C(C)C)cc3)nn12. The number of aryl methyl sites for hydroxylation is 1. The van der Waals surface area contributed by atoms with Gasteiger partial charge in [0.1, 0.15) is 0 Å². The molecule has 0 saturated heterocycles. The van der Waals surface area contributed by atoms with Gasteiger partial charge >= 0.3 is 0 Å². The zero-order chi connectivity index (χ0) is 15.0. The highest BCUT2D eigenvalue weighted by Crippen LogP contribution is 2.19. The Balaban J connectivity index is 1.79. The Morgan fingerprint density at radius 1 is 1.24 bits per heavy atom. The topological polar surface area (TPSA) is 72.2 Å². The van der Waals surface area contributed by atoms with Gasteiger partial charge in [0.2, 0.25) is 9.97 Å². The maximum absolute atomic E-state index is 12.2. The molecule has 1 aromatic carbocycles. The van der Waals surface area contributed by atoms with Crippen LogP contribution in [0.3, 0.4) is 0 Å². The summed E-state index contributed by atoms with van der Waals surface area (Å²) in [7, 11) is 0. The number of nitrogens with one attached hydrogen (secondary N) is 1. The minimum absolute atomic E-state index is 0.234. The molecule has 0 saturated carbocycles. The van der Waals surface area contributed by atoms with Crippen molar-refractivity contribution in [2.24, 2.45) is 0 Å². The molecule has 1 amide bonds. The molecule has 0 aliphatic heterocycles. The third-order valence-electron chi connectivity index (χ3n) is 3.18. The number of benzene rings is 1. The molecule has 0 aliphatic carbocycles. The summed E-state index contributed by atoms with van der Waals surface area (Å²) in [6, 6.07) is 7.84. The average molecular weight is 301 g/mol. The lowest BCUT2D eigenvalue weighted by Gasteiger charge is -2.07. The van der Waals surface area contributed by atoms with E-state index in [-0.39, 0.29) is 5.91 Å². The summed E-state index contributed by atoms with van der Waals surface area (Å²) in [5.74, 6) is 0.903. The first-order valence-electron chi connectivity index (χ1n) is 6.65. The van der Waals surface area contributed by atoms with Crippen molar-refractivity contribution in [3.8, 4) is 0 Å². The van der Waals surface area contributed by atoms with Crippen LogP contribution in [0.25, 0.3) is 4.96 Å². The summed E-state index contributed by atoms with van der Waals surface area (Å²) < 4.78 is 1.57. The largest absolute Gasteiger partial charge is 0.320 e. The minimum atomic E-state index is -0.234. The highest BCUT2D eigenvalue weighted by atomic mass is 32.1. The zero-order valence-corrected chi connectivity index (χ0v) is 12.8. The van der Waals surface area contributed by atoms with Gasteiger partial charge in [0.25, 0.3) is 5.91 Å². The number of amides is 1. The molecular weight excluding hydrogens is 286 g/mol. The number of rotatable bonds is 3. The second kappa shape index (κ2) is 5.25. The fraction of sp³-hybridized carbons (Fsp3) is 0.286. The first kappa shape index (κ1) is 13.7. The van der Waals surface area contributed by atoms with Crippen molar-refractivity contribution in [3.63, 3.8) is 0 Å². The molecule has 7 heteroatoms. The van der Waals surface area contributed by atoms with Crippen molar-refractivity contribution < 1.29 is 4.79 Å². The molecule has 0 radical (unpaired) electrons. The molecule has 0 fully saturated rings. The van der Waals surface area contributed by atoms with E-state index in [1.165, 1.54) is 16.9 Å². The predicted octanol–water partition coefficient (Wildman–Crippen LogP) is 2.87. The maximum atomic E-state index is 12.2. The summed E-state index contributed by atoms with van der Waals surface area (Å²) in [6.45, 7) is 6.07. The van der Waals surface area contributed by atoms with Crippen LogP contribution in [0.5, 0.6) is 0 Å². The van der Waals surface area contributed by atoms with E-state index in [4.69, 9.17) is 0 Å². The fourth-order valence-corrected chi connectivity index (χ4v) is 2.72. The van der Waals surface area contributed by atoms with Crippen LogP contribution in [0.1, 0.15) is 41.0 Å². The van der Waals surface area contributed by atoms with E-state index in [0.29, 0.717) is 21.7 Å². The molecule has 0 bridgehead atoms. The van der Waals surface area contributed by atoms with Crippen molar-refractivity contribution in [3.05, 3.63) is 40.7 Å². The molecule has 1 N–H and O–H groups in total. The second-order valence-electron chi connectivity index (χ2n) is 5.08. The van der Waals surface area contributed by atoms with Gasteiger partial charge in [-0.05, 0) is 30.5 Å².